The van der Waals surface area contributed by atoms with Crippen molar-refractivity contribution in [1.82, 2.24) is 14.8 Å². The lowest BCUT2D eigenvalue weighted by atomic mass is 9.86. The second-order valence-corrected chi connectivity index (χ2v) is 8.91. The van der Waals surface area contributed by atoms with E-state index in [4.69, 9.17) is 39.6 Å². The summed E-state index contributed by atoms with van der Waals surface area (Å²) in [6.45, 7) is 7.05. The molecule has 12 heteroatoms. The zero-order valence-electron chi connectivity index (χ0n) is 18.5. The minimum Gasteiger partial charge on any atom is -0.371 e. The van der Waals surface area contributed by atoms with E-state index in [1.54, 1.807) is 24.3 Å². The van der Waals surface area contributed by atoms with Gasteiger partial charge in [0.2, 0.25) is 5.91 Å². The molecule has 4 amide bonds. The summed E-state index contributed by atoms with van der Waals surface area (Å²) in [6.07, 6.45) is 0.160. The summed E-state index contributed by atoms with van der Waals surface area (Å²) in [4.78, 5) is 51.6. The Morgan fingerprint density at radius 3 is 2.49 bits per heavy atom. The predicted molar refractivity (Wildman–Crippen MR) is 127 cm³/mol. The molecule has 10 nitrogen and oxygen atoms in total. The summed E-state index contributed by atoms with van der Waals surface area (Å²) in [7, 11) is 0. The van der Waals surface area contributed by atoms with Crippen LogP contribution in [0, 0.1) is 6.57 Å². The number of aliphatic hydroxyl groups is 1. The molecule has 35 heavy (non-hydrogen) atoms. The van der Waals surface area contributed by atoms with E-state index >= 15 is 0 Å². The number of hydrogen-bond donors (Lipinski definition) is 1. The molecule has 182 valence electrons. The first-order chi connectivity index (χ1) is 16.8. The number of aliphatic hydroxyl groups excluding tert-OH is 1. The second kappa shape index (κ2) is 10.2. The van der Waals surface area contributed by atoms with Gasteiger partial charge in [-0.15, -0.1) is 0 Å². The van der Waals surface area contributed by atoms with E-state index < -0.39 is 24.3 Å². The highest BCUT2D eigenvalue weighted by Crippen LogP contribution is 2.39. The summed E-state index contributed by atoms with van der Waals surface area (Å²) >= 11 is 12.1. The van der Waals surface area contributed by atoms with Crippen LogP contribution in [0.1, 0.15) is 12.0 Å². The molecule has 1 unspecified atom stereocenters. The minimum atomic E-state index is -1.37. The zero-order valence-corrected chi connectivity index (χ0v) is 20.0. The number of imide groups is 1. The second-order valence-electron chi connectivity index (χ2n) is 8.13. The summed E-state index contributed by atoms with van der Waals surface area (Å²) in [5, 5.41) is 8.87. The number of fused-ring (bicyclic) bond motifs is 1. The molecule has 2 fully saturated rings. The molecule has 1 aromatic heterocycles. The maximum atomic E-state index is 14.0. The molecule has 0 aliphatic carbocycles. The number of urea groups is 1. The molecule has 2 aliphatic rings. The molecular formula is C23H21Cl2N5O5. The van der Waals surface area contributed by atoms with Crippen molar-refractivity contribution in [2.45, 2.75) is 18.4 Å². The molecule has 0 radical (unpaired) electrons. The van der Waals surface area contributed by atoms with Crippen LogP contribution in [0.2, 0.25) is 10.3 Å². The summed E-state index contributed by atoms with van der Waals surface area (Å²) in [5.74, 6) is -0.770. The van der Waals surface area contributed by atoms with Crippen LogP contribution in [0.15, 0.2) is 36.4 Å². The quantitative estimate of drug-likeness (QED) is 0.199. The molecule has 1 N–H and O–H groups in total. The number of carbonyl (C=O) groups excluding carboxylic acids is 3. The monoisotopic (exact) mass is 517 g/mol. The van der Waals surface area contributed by atoms with Gasteiger partial charge in [-0.1, -0.05) is 47.5 Å². The van der Waals surface area contributed by atoms with Crippen molar-refractivity contribution in [2.24, 2.45) is 0 Å². The number of carbonyl (C=O) groups is 3. The molecule has 2 aromatic rings. The van der Waals surface area contributed by atoms with Gasteiger partial charge in [-0.2, -0.15) is 0 Å². The fourth-order valence-electron chi connectivity index (χ4n) is 4.45. The maximum Gasteiger partial charge on any atom is 0.332 e. The van der Waals surface area contributed by atoms with Crippen molar-refractivity contribution in [3.05, 3.63) is 63.7 Å². The van der Waals surface area contributed by atoms with Crippen molar-refractivity contribution in [3.63, 3.8) is 0 Å². The lowest BCUT2D eigenvalue weighted by Gasteiger charge is -2.44. The van der Waals surface area contributed by atoms with E-state index in [9.17, 15) is 14.4 Å². The van der Waals surface area contributed by atoms with Gasteiger partial charge in [0.1, 0.15) is 22.6 Å². The van der Waals surface area contributed by atoms with E-state index in [-0.39, 0.29) is 61.0 Å². The number of ether oxygens (including phenoxy) is 1. The lowest BCUT2D eigenvalue weighted by molar-refractivity contribution is -0.140. The van der Waals surface area contributed by atoms with Gasteiger partial charge in [0, 0.05) is 19.5 Å². The van der Waals surface area contributed by atoms with Crippen LogP contribution in [0.3, 0.4) is 0 Å². The Morgan fingerprint density at radius 1 is 1.17 bits per heavy atom. The van der Waals surface area contributed by atoms with Crippen LogP contribution >= 0.6 is 23.2 Å². The number of halogens is 2. The summed E-state index contributed by atoms with van der Waals surface area (Å²) in [5.41, 5.74) is -0.000532. The molecule has 1 aromatic carbocycles. The van der Waals surface area contributed by atoms with E-state index in [1.165, 1.54) is 21.9 Å². The van der Waals surface area contributed by atoms with Crippen LogP contribution < -0.4 is 4.90 Å². The van der Waals surface area contributed by atoms with Crippen LogP contribution in [-0.2, 0) is 20.7 Å². The highest BCUT2D eigenvalue weighted by Gasteiger charge is 2.60. The topological polar surface area (TPSA) is 108 Å². The Labute approximate surface area is 211 Å². The highest BCUT2D eigenvalue weighted by molar-refractivity contribution is 6.33. The molecule has 0 bridgehead atoms. The van der Waals surface area contributed by atoms with Gasteiger partial charge >= 0.3 is 6.03 Å². The van der Waals surface area contributed by atoms with Gasteiger partial charge in [-0.05, 0) is 17.7 Å². The largest absolute Gasteiger partial charge is 0.371 e. The standard InChI is InChI=1S/C23H21Cl2N5O5/c1-26-16-4-2-15(3-5-16)12-23-13-28(20(32)6-9-35-14-31)7-8-29(23)22(34)30(21(23)33)17-10-18(24)27-19(25)11-17/h2-5,10-11,31H,6-9,12-14H2. The highest BCUT2D eigenvalue weighted by atomic mass is 35.5. The predicted octanol–water partition coefficient (Wildman–Crippen LogP) is 2.89. The average molecular weight is 518 g/mol. The zero-order chi connectivity index (χ0) is 25.2. The van der Waals surface area contributed by atoms with E-state index in [1.807, 2.05) is 0 Å². The minimum absolute atomic E-state index is 0.0247. The molecule has 0 saturated carbocycles. The third kappa shape index (κ3) is 4.81. The molecule has 2 aliphatic heterocycles. The maximum absolute atomic E-state index is 14.0. The number of aromatic nitrogens is 1. The van der Waals surface area contributed by atoms with Crippen molar-refractivity contribution in [2.75, 3.05) is 37.9 Å². The number of amides is 4. The number of rotatable bonds is 7. The van der Waals surface area contributed by atoms with Crippen molar-refractivity contribution in [1.29, 1.82) is 0 Å². The van der Waals surface area contributed by atoms with Gasteiger partial charge in [0.25, 0.3) is 5.91 Å². The van der Waals surface area contributed by atoms with Crippen LogP contribution in [-0.4, -0.2) is 76.3 Å². The SMILES string of the molecule is [C-]#[N+]c1ccc(CC23CN(C(=O)CCOCO)CCN2C(=O)N(c2cc(Cl)nc(Cl)c2)C3=O)cc1. The number of anilines is 1. The fourth-order valence-corrected chi connectivity index (χ4v) is 4.90. The first kappa shape index (κ1) is 24.9. The van der Waals surface area contributed by atoms with Gasteiger partial charge in [-0.25, -0.2) is 19.5 Å². The number of nitrogens with zero attached hydrogens (tertiary/aromatic N) is 5. The Kier molecular flexibility index (Phi) is 7.23. The molecule has 3 heterocycles. The van der Waals surface area contributed by atoms with Crippen molar-refractivity contribution < 1.29 is 24.2 Å². The Bertz CT molecular complexity index is 1180. The molecule has 1 atom stereocenters. The van der Waals surface area contributed by atoms with Gasteiger partial charge < -0.3 is 19.6 Å². The van der Waals surface area contributed by atoms with Crippen molar-refractivity contribution >= 4 is 52.4 Å². The van der Waals surface area contributed by atoms with E-state index in [0.717, 1.165) is 10.5 Å². The lowest BCUT2D eigenvalue weighted by Crippen LogP contribution is -2.65. The van der Waals surface area contributed by atoms with Crippen molar-refractivity contribution in [3.8, 4) is 0 Å². The summed E-state index contributed by atoms with van der Waals surface area (Å²) < 4.78 is 4.87. The molecule has 4 rings (SSSR count). The molecular weight excluding hydrogens is 497 g/mol. The Hall–Kier alpha value is -3.23. The smallest absolute Gasteiger partial charge is 0.332 e. The van der Waals surface area contributed by atoms with E-state index in [0.29, 0.717) is 5.69 Å². The summed E-state index contributed by atoms with van der Waals surface area (Å²) in [6, 6.07) is 8.98. The number of piperazine rings is 1. The first-order valence-electron chi connectivity index (χ1n) is 10.7. The Morgan fingerprint density at radius 2 is 1.86 bits per heavy atom. The van der Waals surface area contributed by atoms with Gasteiger partial charge in [0.05, 0.1) is 31.8 Å². The average Bonchev–Trinajstić information content (AvgIpc) is 3.04. The molecule has 0 spiro atoms. The number of pyridine rings is 1. The third-order valence-electron chi connectivity index (χ3n) is 6.06. The third-order valence-corrected chi connectivity index (χ3v) is 6.45. The van der Waals surface area contributed by atoms with Gasteiger partial charge in [0.15, 0.2) is 5.69 Å². The van der Waals surface area contributed by atoms with Crippen LogP contribution in [0.5, 0.6) is 0 Å². The van der Waals surface area contributed by atoms with E-state index in [2.05, 4.69) is 9.83 Å². The normalized spacial score (nSPS) is 19.7. The number of hydrogen-bond acceptors (Lipinski definition) is 6. The number of benzene rings is 1. The molecule has 2 saturated heterocycles. The first-order valence-corrected chi connectivity index (χ1v) is 11.5. The Balaban J connectivity index is 1.72. The van der Waals surface area contributed by atoms with Crippen LogP contribution in [0.25, 0.3) is 4.85 Å². The van der Waals surface area contributed by atoms with Gasteiger partial charge in [-0.3, -0.25) is 9.59 Å². The van der Waals surface area contributed by atoms with Crippen LogP contribution in [0.4, 0.5) is 16.2 Å². The fraction of sp³-hybridized carbons (Fsp3) is 0.348.